The summed E-state index contributed by atoms with van der Waals surface area (Å²) in [6, 6.07) is 0.401. The van der Waals surface area contributed by atoms with Crippen molar-refractivity contribution in [1.29, 1.82) is 0 Å². The first kappa shape index (κ1) is 9.65. The predicted octanol–water partition coefficient (Wildman–Crippen LogP) is 0.465. The number of nitrogens with one attached hydrogen (secondary N) is 1. The molecule has 0 aromatic rings. The number of nitrogens with two attached hydrogens (primary N) is 1. The van der Waals surface area contributed by atoms with E-state index in [-0.39, 0.29) is 0 Å². The largest absolute Gasteiger partial charge is 0.359 e. The Hall–Kier alpha value is -0.350. The van der Waals surface area contributed by atoms with Gasteiger partial charge in [0.2, 0.25) is 0 Å². The predicted molar refractivity (Wildman–Crippen MR) is 47.4 cm³/mol. The van der Waals surface area contributed by atoms with Gasteiger partial charge in [0.05, 0.1) is 0 Å². The van der Waals surface area contributed by atoms with Crippen molar-refractivity contribution in [3.63, 3.8) is 0 Å². The van der Waals surface area contributed by atoms with Gasteiger partial charge in [0.15, 0.2) is 5.11 Å². The highest BCUT2D eigenvalue weighted by Gasteiger charge is 2.01. The van der Waals surface area contributed by atoms with Crippen molar-refractivity contribution >= 4 is 17.3 Å². The molecule has 10 heavy (non-hydrogen) atoms. The molecule has 1 atom stereocenters. The lowest BCUT2D eigenvalue weighted by Crippen LogP contribution is -2.44. The van der Waals surface area contributed by atoms with Crippen molar-refractivity contribution in [2.45, 2.75) is 26.3 Å². The van der Waals surface area contributed by atoms with E-state index in [0.717, 1.165) is 6.42 Å². The van der Waals surface area contributed by atoms with Crippen LogP contribution in [0.4, 0.5) is 0 Å². The minimum Gasteiger partial charge on any atom is -0.359 e. The summed E-state index contributed by atoms with van der Waals surface area (Å²) in [6.45, 7) is 4.16. The lowest BCUT2D eigenvalue weighted by atomic mass is 10.3. The third kappa shape index (κ3) is 3.63. The summed E-state index contributed by atoms with van der Waals surface area (Å²) in [5.74, 6) is 5.37. The van der Waals surface area contributed by atoms with E-state index in [1.807, 2.05) is 0 Å². The summed E-state index contributed by atoms with van der Waals surface area (Å²) in [4.78, 5) is 0. The highest BCUT2D eigenvalue weighted by atomic mass is 32.1. The smallest absolute Gasteiger partial charge is 0.183 e. The van der Waals surface area contributed by atoms with Crippen molar-refractivity contribution in [3.05, 3.63) is 0 Å². The molecule has 0 heterocycles. The number of hydrogen-bond donors (Lipinski definition) is 2. The lowest BCUT2D eigenvalue weighted by Gasteiger charge is -2.18. The van der Waals surface area contributed by atoms with E-state index in [4.69, 9.17) is 18.1 Å². The highest BCUT2D eigenvalue weighted by molar-refractivity contribution is 7.80. The molecule has 0 aliphatic carbocycles. The first-order valence-electron chi connectivity index (χ1n) is 3.36. The summed E-state index contributed by atoms with van der Waals surface area (Å²) >= 11 is 4.91. The van der Waals surface area contributed by atoms with Gasteiger partial charge in [-0.3, -0.25) is 5.01 Å². The van der Waals surface area contributed by atoms with Crippen molar-refractivity contribution in [2.24, 2.45) is 5.84 Å². The maximum atomic E-state index is 5.37. The van der Waals surface area contributed by atoms with Gasteiger partial charge in [-0.05, 0) is 25.6 Å². The molecule has 3 N–H and O–H groups in total. The molecule has 0 fully saturated rings. The average molecular weight is 161 g/mol. The molecule has 0 spiro atoms. The Morgan fingerprint density at radius 1 is 1.80 bits per heavy atom. The molecule has 60 valence electrons. The van der Waals surface area contributed by atoms with Crippen LogP contribution in [-0.2, 0) is 0 Å². The SMILES string of the molecule is CCC(C)NC(=S)N(C)N. The fraction of sp³-hybridized carbons (Fsp3) is 0.833. The second-order valence-electron chi connectivity index (χ2n) is 2.37. The third-order valence-electron chi connectivity index (χ3n) is 1.30. The number of thiocarbonyl (C=S) groups is 1. The summed E-state index contributed by atoms with van der Waals surface area (Å²) in [7, 11) is 1.72. The quantitative estimate of drug-likeness (QED) is 0.351. The maximum absolute atomic E-state index is 5.37. The number of hydrazine groups is 1. The van der Waals surface area contributed by atoms with E-state index in [9.17, 15) is 0 Å². The van der Waals surface area contributed by atoms with Crippen molar-refractivity contribution in [1.82, 2.24) is 10.3 Å². The van der Waals surface area contributed by atoms with E-state index in [0.29, 0.717) is 11.2 Å². The fourth-order valence-corrected chi connectivity index (χ4v) is 0.616. The van der Waals surface area contributed by atoms with Crippen molar-refractivity contribution in [3.8, 4) is 0 Å². The zero-order valence-electron chi connectivity index (χ0n) is 6.72. The lowest BCUT2D eigenvalue weighted by molar-refractivity contribution is 0.502. The van der Waals surface area contributed by atoms with Crippen LogP contribution in [0.1, 0.15) is 20.3 Å². The summed E-state index contributed by atoms with van der Waals surface area (Å²) < 4.78 is 0. The molecule has 1 unspecified atom stereocenters. The monoisotopic (exact) mass is 161 g/mol. The van der Waals surface area contributed by atoms with Gasteiger partial charge in [0.25, 0.3) is 0 Å². The minimum absolute atomic E-state index is 0.401. The minimum atomic E-state index is 0.401. The van der Waals surface area contributed by atoms with Crippen LogP contribution in [-0.4, -0.2) is 23.2 Å². The molecular weight excluding hydrogens is 146 g/mol. The van der Waals surface area contributed by atoms with Gasteiger partial charge in [0.1, 0.15) is 0 Å². The summed E-state index contributed by atoms with van der Waals surface area (Å²) in [5.41, 5.74) is 0. The van der Waals surface area contributed by atoms with Crippen LogP contribution < -0.4 is 11.2 Å². The van der Waals surface area contributed by atoms with Crippen LogP contribution in [0.5, 0.6) is 0 Å². The molecule has 0 amide bonds. The van der Waals surface area contributed by atoms with Gasteiger partial charge < -0.3 is 5.32 Å². The van der Waals surface area contributed by atoms with Crippen LogP contribution in [0.15, 0.2) is 0 Å². The second-order valence-corrected chi connectivity index (χ2v) is 2.76. The van der Waals surface area contributed by atoms with Gasteiger partial charge in [-0.2, -0.15) is 0 Å². The Kier molecular flexibility index (Phi) is 4.31. The highest BCUT2D eigenvalue weighted by Crippen LogP contribution is 1.88. The Bertz CT molecular complexity index is 114. The normalized spacial score (nSPS) is 12.4. The maximum Gasteiger partial charge on any atom is 0.183 e. The van der Waals surface area contributed by atoms with Gasteiger partial charge in [-0.15, -0.1) is 0 Å². The Morgan fingerprint density at radius 2 is 2.30 bits per heavy atom. The molecule has 0 rings (SSSR count). The van der Waals surface area contributed by atoms with Gasteiger partial charge in [-0.1, -0.05) is 6.92 Å². The Morgan fingerprint density at radius 3 is 2.60 bits per heavy atom. The van der Waals surface area contributed by atoms with Crippen LogP contribution >= 0.6 is 12.2 Å². The molecule has 0 aliphatic rings. The number of rotatable bonds is 2. The fourth-order valence-electron chi connectivity index (χ4n) is 0.415. The molecule has 3 nitrogen and oxygen atoms in total. The van der Waals surface area contributed by atoms with Crippen LogP contribution in [0.25, 0.3) is 0 Å². The molecule has 0 saturated carbocycles. The zero-order chi connectivity index (χ0) is 8.15. The standard InChI is InChI=1S/C6H15N3S/c1-4-5(2)8-6(10)9(3)7/h5H,4,7H2,1-3H3,(H,8,10). The van der Waals surface area contributed by atoms with E-state index in [2.05, 4.69) is 19.2 Å². The van der Waals surface area contributed by atoms with E-state index < -0.39 is 0 Å². The zero-order valence-corrected chi connectivity index (χ0v) is 7.53. The Balaban J connectivity index is 3.57. The molecular formula is C6H15N3S. The number of hydrogen-bond acceptors (Lipinski definition) is 2. The molecule has 0 aliphatic heterocycles. The molecule has 0 aromatic carbocycles. The third-order valence-corrected chi connectivity index (χ3v) is 1.71. The topological polar surface area (TPSA) is 41.3 Å². The summed E-state index contributed by atoms with van der Waals surface area (Å²) in [6.07, 6.45) is 1.05. The van der Waals surface area contributed by atoms with Crippen LogP contribution in [0, 0.1) is 0 Å². The van der Waals surface area contributed by atoms with Crippen LogP contribution in [0.2, 0.25) is 0 Å². The first-order valence-corrected chi connectivity index (χ1v) is 3.77. The van der Waals surface area contributed by atoms with Crippen LogP contribution in [0.3, 0.4) is 0 Å². The van der Waals surface area contributed by atoms with E-state index in [1.165, 1.54) is 5.01 Å². The van der Waals surface area contributed by atoms with E-state index in [1.54, 1.807) is 7.05 Å². The number of nitrogens with zero attached hydrogens (tertiary/aromatic N) is 1. The molecule has 0 bridgehead atoms. The van der Waals surface area contributed by atoms with Gasteiger partial charge in [0, 0.05) is 13.1 Å². The molecule has 0 saturated heterocycles. The average Bonchev–Trinajstić information content (AvgIpc) is 1.87. The van der Waals surface area contributed by atoms with Crippen molar-refractivity contribution in [2.75, 3.05) is 7.05 Å². The summed E-state index contributed by atoms with van der Waals surface area (Å²) in [5, 5.41) is 5.06. The molecule has 4 heteroatoms. The first-order chi connectivity index (χ1) is 4.57. The molecule has 0 radical (unpaired) electrons. The van der Waals surface area contributed by atoms with Gasteiger partial charge in [-0.25, -0.2) is 5.84 Å². The van der Waals surface area contributed by atoms with E-state index >= 15 is 0 Å². The van der Waals surface area contributed by atoms with Crippen molar-refractivity contribution < 1.29 is 0 Å². The Labute approximate surface area is 67.5 Å². The van der Waals surface area contributed by atoms with Gasteiger partial charge >= 0.3 is 0 Å². The second kappa shape index (κ2) is 4.46. The molecule has 0 aromatic heterocycles.